The molecule has 0 amide bonds. The summed E-state index contributed by atoms with van der Waals surface area (Å²) in [5.41, 5.74) is 1.25. The zero-order chi connectivity index (χ0) is 14.6. The van der Waals surface area contributed by atoms with Gasteiger partial charge in [-0.05, 0) is 5.56 Å². The zero-order valence-corrected chi connectivity index (χ0v) is 13.1. The fraction of sp³-hybridized carbons (Fsp3) is 0.600. The lowest BCUT2D eigenvalue weighted by atomic mass is 10.0. The smallest absolute Gasteiger partial charge is 0.152 e. The molecular formula is C15H24N2O2S. The topological polar surface area (TPSA) is 49.4 Å². The maximum Gasteiger partial charge on any atom is 0.152 e. The molecule has 0 spiro atoms. The van der Waals surface area contributed by atoms with Crippen molar-refractivity contribution in [1.29, 1.82) is 0 Å². The summed E-state index contributed by atoms with van der Waals surface area (Å²) in [5, 5.41) is 3.47. The van der Waals surface area contributed by atoms with Crippen LogP contribution in [0.5, 0.6) is 0 Å². The molecule has 0 saturated carbocycles. The first-order valence-corrected chi connectivity index (χ1v) is 9.03. The van der Waals surface area contributed by atoms with E-state index < -0.39 is 9.84 Å². The van der Waals surface area contributed by atoms with Crippen LogP contribution in [0.25, 0.3) is 0 Å². The number of rotatable bonds is 5. The van der Waals surface area contributed by atoms with Crippen LogP contribution in [0, 0.1) is 0 Å². The minimum atomic E-state index is -2.82. The molecule has 1 N–H and O–H groups in total. The van der Waals surface area contributed by atoms with E-state index in [2.05, 4.69) is 36.2 Å². The average molecular weight is 296 g/mol. The van der Waals surface area contributed by atoms with Crippen LogP contribution in [0.4, 0.5) is 0 Å². The van der Waals surface area contributed by atoms with Crippen LogP contribution in [0.3, 0.4) is 0 Å². The van der Waals surface area contributed by atoms with Crippen molar-refractivity contribution in [2.45, 2.75) is 25.9 Å². The van der Waals surface area contributed by atoms with E-state index in [0.29, 0.717) is 19.1 Å². The summed E-state index contributed by atoms with van der Waals surface area (Å²) in [6, 6.07) is 11.0. The summed E-state index contributed by atoms with van der Waals surface area (Å²) in [5.74, 6) is 0.552. The molecule has 1 heterocycles. The third-order valence-electron chi connectivity index (χ3n) is 3.72. The van der Waals surface area contributed by atoms with Crippen molar-refractivity contribution in [1.82, 2.24) is 10.2 Å². The molecule has 1 unspecified atom stereocenters. The van der Waals surface area contributed by atoms with Crippen LogP contribution in [0.15, 0.2) is 30.3 Å². The molecule has 112 valence electrons. The van der Waals surface area contributed by atoms with Gasteiger partial charge in [0.25, 0.3) is 0 Å². The lowest BCUT2D eigenvalue weighted by molar-refractivity contribution is 0.205. The molecule has 1 fully saturated rings. The number of nitrogens with one attached hydrogen (secondary N) is 1. The molecule has 0 bridgehead atoms. The van der Waals surface area contributed by atoms with E-state index in [4.69, 9.17) is 0 Å². The van der Waals surface area contributed by atoms with Gasteiger partial charge in [-0.3, -0.25) is 4.90 Å². The van der Waals surface area contributed by atoms with E-state index in [-0.39, 0.29) is 17.5 Å². The molecule has 0 radical (unpaired) electrons. The first-order chi connectivity index (χ1) is 9.48. The summed E-state index contributed by atoms with van der Waals surface area (Å²) >= 11 is 0. The summed E-state index contributed by atoms with van der Waals surface area (Å²) in [6.07, 6.45) is 0. The lowest BCUT2D eigenvalue weighted by Gasteiger charge is -2.35. The first kappa shape index (κ1) is 15.5. The predicted molar refractivity (Wildman–Crippen MR) is 82.5 cm³/mol. The highest BCUT2D eigenvalue weighted by Gasteiger charge is 2.27. The largest absolute Gasteiger partial charge is 0.313 e. The van der Waals surface area contributed by atoms with Crippen molar-refractivity contribution >= 4 is 9.84 Å². The Bertz CT molecular complexity index is 500. The Kier molecular flexibility index (Phi) is 5.18. The SMILES string of the molecule is CC(C)NCC(c1ccccc1)N1CCS(=O)(=O)CC1. The Morgan fingerprint density at radius 3 is 2.30 bits per heavy atom. The van der Waals surface area contributed by atoms with Gasteiger partial charge in [0, 0.05) is 31.7 Å². The van der Waals surface area contributed by atoms with E-state index >= 15 is 0 Å². The van der Waals surface area contributed by atoms with E-state index in [0.717, 1.165) is 6.54 Å². The predicted octanol–water partition coefficient (Wildman–Crippen LogP) is 1.46. The van der Waals surface area contributed by atoms with Gasteiger partial charge < -0.3 is 5.32 Å². The zero-order valence-electron chi connectivity index (χ0n) is 12.2. The van der Waals surface area contributed by atoms with Crippen LogP contribution in [0.2, 0.25) is 0 Å². The van der Waals surface area contributed by atoms with Gasteiger partial charge >= 0.3 is 0 Å². The van der Waals surface area contributed by atoms with E-state index in [1.165, 1.54) is 5.56 Å². The van der Waals surface area contributed by atoms with Crippen LogP contribution in [-0.4, -0.2) is 50.5 Å². The first-order valence-electron chi connectivity index (χ1n) is 7.21. The number of benzene rings is 1. The Labute approximate surface area is 122 Å². The molecule has 1 aliphatic heterocycles. The Balaban J connectivity index is 2.10. The molecule has 20 heavy (non-hydrogen) atoms. The molecule has 5 heteroatoms. The summed E-state index contributed by atoms with van der Waals surface area (Å²) < 4.78 is 23.2. The molecule has 1 aromatic rings. The minimum absolute atomic E-state index is 0.245. The van der Waals surface area contributed by atoms with E-state index in [9.17, 15) is 8.42 Å². The number of nitrogens with zero attached hydrogens (tertiary/aromatic N) is 1. The molecular weight excluding hydrogens is 272 g/mol. The van der Waals surface area contributed by atoms with Crippen molar-refractivity contribution in [2.75, 3.05) is 31.1 Å². The normalized spacial score (nSPS) is 20.9. The monoisotopic (exact) mass is 296 g/mol. The van der Waals surface area contributed by atoms with Crippen molar-refractivity contribution in [2.24, 2.45) is 0 Å². The number of sulfone groups is 1. The van der Waals surface area contributed by atoms with Gasteiger partial charge in [-0.1, -0.05) is 44.2 Å². The van der Waals surface area contributed by atoms with Gasteiger partial charge in [-0.15, -0.1) is 0 Å². The molecule has 2 rings (SSSR count). The molecule has 4 nitrogen and oxygen atoms in total. The van der Waals surface area contributed by atoms with Gasteiger partial charge in [0.15, 0.2) is 9.84 Å². The quantitative estimate of drug-likeness (QED) is 0.893. The van der Waals surface area contributed by atoms with Crippen molar-refractivity contribution in [3.05, 3.63) is 35.9 Å². The van der Waals surface area contributed by atoms with Crippen LogP contribution < -0.4 is 5.32 Å². The summed E-state index contributed by atoms with van der Waals surface area (Å²) in [6.45, 7) is 6.36. The number of hydrogen-bond donors (Lipinski definition) is 1. The van der Waals surface area contributed by atoms with Gasteiger partial charge in [0.05, 0.1) is 11.5 Å². The number of hydrogen-bond acceptors (Lipinski definition) is 4. The van der Waals surface area contributed by atoms with Gasteiger partial charge in [-0.2, -0.15) is 0 Å². The molecule has 0 aliphatic carbocycles. The van der Waals surface area contributed by atoms with Gasteiger partial charge in [0.2, 0.25) is 0 Å². The minimum Gasteiger partial charge on any atom is -0.313 e. The van der Waals surface area contributed by atoms with Gasteiger partial charge in [0.1, 0.15) is 0 Å². The molecule has 1 aromatic carbocycles. The lowest BCUT2D eigenvalue weighted by Crippen LogP contribution is -2.45. The highest BCUT2D eigenvalue weighted by molar-refractivity contribution is 7.91. The Morgan fingerprint density at radius 1 is 1.15 bits per heavy atom. The Morgan fingerprint density at radius 2 is 1.75 bits per heavy atom. The second-order valence-corrected chi connectivity index (χ2v) is 7.98. The summed E-state index contributed by atoms with van der Waals surface area (Å²) in [4.78, 5) is 2.28. The van der Waals surface area contributed by atoms with E-state index in [1.54, 1.807) is 0 Å². The molecule has 1 saturated heterocycles. The summed E-state index contributed by atoms with van der Waals surface area (Å²) in [7, 11) is -2.82. The van der Waals surface area contributed by atoms with Crippen LogP contribution in [-0.2, 0) is 9.84 Å². The maximum absolute atomic E-state index is 11.6. The standard InChI is InChI=1S/C15H24N2O2S/c1-13(2)16-12-15(14-6-4-3-5-7-14)17-8-10-20(18,19)11-9-17/h3-7,13,15-16H,8-12H2,1-2H3. The Hall–Kier alpha value is -0.910. The van der Waals surface area contributed by atoms with Crippen molar-refractivity contribution in [3.8, 4) is 0 Å². The van der Waals surface area contributed by atoms with Crippen LogP contribution >= 0.6 is 0 Å². The fourth-order valence-corrected chi connectivity index (χ4v) is 3.75. The highest BCUT2D eigenvalue weighted by Crippen LogP contribution is 2.22. The van der Waals surface area contributed by atoms with Crippen molar-refractivity contribution in [3.63, 3.8) is 0 Å². The molecule has 0 aromatic heterocycles. The molecule has 1 aliphatic rings. The third kappa shape index (κ3) is 4.30. The average Bonchev–Trinajstić information content (AvgIpc) is 2.41. The maximum atomic E-state index is 11.6. The van der Waals surface area contributed by atoms with Crippen molar-refractivity contribution < 1.29 is 8.42 Å². The van der Waals surface area contributed by atoms with Crippen LogP contribution in [0.1, 0.15) is 25.5 Å². The fourth-order valence-electron chi connectivity index (χ4n) is 2.52. The second kappa shape index (κ2) is 6.70. The molecule has 1 atom stereocenters. The second-order valence-electron chi connectivity index (χ2n) is 5.68. The van der Waals surface area contributed by atoms with Gasteiger partial charge in [-0.25, -0.2) is 8.42 Å². The third-order valence-corrected chi connectivity index (χ3v) is 5.33. The van der Waals surface area contributed by atoms with E-state index in [1.807, 2.05) is 18.2 Å². The highest BCUT2D eigenvalue weighted by atomic mass is 32.2.